The van der Waals surface area contributed by atoms with E-state index in [9.17, 15) is 0 Å². The molecular formula is C26H42. The van der Waals surface area contributed by atoms with Gasteiger partial charge >= 0.3 is 0 Å². The number of unbranched alkanes of at least 4 members (excludes halogenated alkanes) is 10. The molecular weight excluding hydrogens is 312 g/mol. The minimum Gasteiger partial charge on any atom is -0.0810 e. The van der Waals surface area contributed by atoms with Gasteiger partial charge in [-0.2, -0.15) is 0 Å². The Hall–Kier alpha value is -1.30. The van der Waals surface area contributed by atoms with Crippen molar-refractivity contribution in [3.63, 3.8) is 0 Å². The van der Waals surface area contributed by atoms with Gasteiger partial charge in [-0.3, -0.25) is 0 Å². The molecule has 0 aliphatic heterocycles. The van der Waals surface area contributed by atoms with Crippen LogP contribution in [0.3, 0.4) is 0 Å². The second kappa shape index (κ2) is 14.8. The van der Waals surface area contributed by atoms with E-state index in [1.807, 2.05) is 0 Å². The molecule has 0 heterocycles. The fourth-order valence-corrected chi connectivity index (χ4v) is 3.38. The minimum atomic E-state index is 1.21. The van der Waals surface area contributed by atoms with Gasteiger partial charge in [-0.05, 0) is 67.9 Å². The molecule has 26 heavy (non-hydrogen) atoms. The molecule has 1 rings (SSSR count). The SMILES string of the molecule is CCCCC/C=C(\C)c1cccc(/C(C)=C/CCCCCCCCC)c1. The summed E-state index contributed by atoms with van der Waals surface area (Å²) in [4.78, 5) is 0. The van der Waals surface area contributed by atoms with Crippen LogP contribution in [-0.4, -0.2) is 0 Å². The summed E-state index contributed by atoms with van der Waals surface area (Å²) in [7, 11) is 0. The Bertz CT molecular complexity index is 533. The van der Waals surface area contributed by atoms with Gasteiger partial charge in [0.2, 0.25) is 0 Å². The summed E-state index contributed by atoms with van der Waals surface area (Å²) < 4.78 is 0. The second-order valence-corrected chi connectivity index (χ2v) is 7.76. The molecule has 0 bridgehead atoms. The monoisotopic (exact) mass is 354 g/mol. The lowest BCUT2D eigenvalue weighted by molar-refractivity contribution is 0.592. The molecule has 0 fully saturated rings. The maximum atomic E-state index is 2.44. The Morgan fingerprint density at radius 2 is 1.08 bits per heavy atom. The van der Waals surface area contributed by atoms with E-state index in [0.29, 0.717) is 0 Å². The van der Waals surface area contributed by atoms with E-state index in [0.717, 1.165) is 0 Å². The van der Waals surface area contributed by atoms with Crippen molar-refractivity contribution >= 4 is 11.1 Å². The lowest BCUT2D eigenvalue weighted by Gasteiger charge is -2.07. The number of hydrogen-bond acceptors (Lipinski definition) is 0. The average molecular weight is 355 g/mol. The van der Waals surface area contributed by atoms with Crippen LogP contribution in [0.15, 0.2) is 36.4 Å². The topological polar surface area (TPSA) is 0 Å². The van der Waals surface area contributed by atoms with E-state index >= 15 is 0 Å². The summed E-state index contributed by atoms with van der Waals surface area (Å²) in [6, 6.07) is 9.07. The lowest BCUT2D eigenvalue weighted by Crippen LogP contribution is -1.86. The molecule has 0 aliphatic rings. The van der Waals surface area contributed by atoms with E-state index in [1.165, 1.54) is 99.3 Å². The second-order valence-electron chi connectivity index (χ2n) is 7.76. The zero-order valence-electron chi connectivity index (χ0n) is 17.9. The van der Waals surface area contributed by atoms with Gasteiger partial charge in [0, 0.05) is 0 Å². The molecule has 0 nitrogen and oxygen atoms in total. The predicted molar refractivity (Wildman–Crippen MR) is 120 cm³/mol. The Morgan fingerprint density at radius 3 is 1.62 bits per heavy atom. The summed E-state index contributed by atoms with van der Waals surface area (Å²) in [5.74, 6) is 0. The Kier molecular flexibility index (Phi) is 13.0. The van der Waals surface area contributed by atoms with Gasteiger partial charge in [0.1, 0.15) is 0 Å². The van der Waals surface area contributed by atoms with Gasteiger partial charge in [-0.25, -0.2) is 0 Å². The Morgan fingerprint density at radius 1 is 0.654 bits per heavy atom. The third-order valence-corrected chi connectivity index (χ3v) is 5.29. The van der Waals surface area contributed by atoms with Crippen molar-refractivity contribution in [3.05, 3.63) is 47.5 Å². The van der Waals surface area contributed by atoms with Crippen molar-refractivity contribution < 1.29 is 0 Å². The molecule has 0 amide bonds. The van der Waals surface area contributed by atoms with Crippen molar-refractivity contribution in [2.24, 2.45) is 0 Å². The Balaban J connectivity index is 2.45. The molecule has 0 aliphatic carbocycles. The molecule has 0 atom stereocenters. The van der Waals surface area contributed by atoms with Crippen LogP contribution in [-0.2, 0) is 0 Å². The standard InChI is InChI=1S/C26H42/c1-5-7-9-11-12-13-14-16-19-24(4)26-21-17-20-25(22-26)23(3)18-15-10-8-6-2/h17-22H,5-16H2,1-4H3/b23-18+,24-19+. The van der Waals surface area contributed by atoms with Crippen molar-refractivity contribution in [2.75, 3.05) is 0 Å². The van der Waals surface area contributed by atoms with E-state index in [4.69, 9.17) is 0 Å². The van der Waals surface area contributed by atoms with Gasteiger partial charge in [0.05, 0.1) is 0 Å². The summed E-state index contributed by atoms with van der Waals surface area (Å²) in [6.45, 7) is 9.07. The normalized spacial score (nSPS) is 12.6. The molecule has 0 N–H and O–H groups in total. The minimum absolute atomic E-state index is 1.21. The van der Waals surface area contributed by atoms with Gasteiger partial charge in [-0.15, -0.1) is 0 Å². The van der Waals surface area contributed by atoms with Crippen molar-refractivity contribution in [1.82, 2.24) is 0 Å². The van der Waals surface area contributed by atoms with E-state index in [-0.39, 0.29) is 0 Å². The highest BCUT2D eigenvalue weighted by Crippen LogP contribution is 2.22. The molecule has 0 heteroatoms. The highest BCUT2D eigenvalue weighted by molar-refractivity contribution is 5.70. The predicted octanol–water partition coefficient (Wildman–Crippen LogP) is 9.21. The van der Waals surface area contributed by atoms with Crippen molar-refractivity contribution in [1.29, 1.82) is 0 Å². The van der Waals surface area contributed by atoms with E-state index in [2.05, 4.69) is 64.1 Å². The average Bonchev–Trinajstić information content (AvgIpc) is 2.67. The number of allylic oxidation sites excluding steroid dienone is 4. The lowest BCUT2D eigenvalue weighted by atomic mass is 9.98. The summed E-state index contributed by atoms with van der Waals surface area (Å²) in [5, 5.41) is 0. The van der Waals surface area contributed by atoms with Crippen LogP contribution in [0.2, 0.25) is 0 Å². The zero-order valence-corrected chi connectivity index (χ0v) is 17.9. The van der Waals surface area contributed by atoms with Crippen LogP contribution in [0.1, 0.15) is 116 Å². The van der Waals surface area contributed by atoms with Gasteiger partial charge in [0.15, 0.2) is 0 Å². The van der Waals surface area contributed by atoms with Crippen molar-refractivity contribution in [3.8, 4) is 0 Å². The Labute approximate surface area is 163 Å². The molecule has 0 aromatic heterocycles. The fraction of sp³-hybridized carbons (Fsp3) is 0.615. The van der Waals surface area contributed by atoms with Gasteiger partial charge in [-0.1, -0.05) is 95.6 Å². The van der Waals surface area contributed by atoms with E-state index in [1.54, 1.807) is 0 Å². The molecule has 0 saturated heterocycles. The largest absolute Gasteiger partial charge is 0.0810 e. The quantitative estimate of drug-likeness (QED) is 0.292. The number of hydrogen-bond donors (Lipinski definition) is 0. The molecule has 0 saturated carbocycles. The van der Waals surface area contributed by atoms with Crippen LogP contribution in [0.4, 0.5) is 0 Å². The van der Waals surface area contributed by atoms with E-state index < -0.39 is 0 Å². The fourth-order valence-electron chi connectivity index (χ4n) is 3.38. The molecule has 1 aromatic carbocycles. The van der Waals surface area contributed by atoms with Crippen molar-refractivity contribution in [2.45, 2.75) is 105 Å². The summed E-state index contributed by atoms with van der Waals surface area (Å²) >= 11 is 0. The third-order valence-electron chi connectivity index (χ3n) is 5.29. The highest BCUT2D eigenvalue weighted by atomic mass is 14.1. The third kappa shape index (κ3) is 10.00. The summed E-state index contributed by atoms with van der Waals surface area (Å²) in [5.41, 5.74) is 5.61. The number of rotatable bonds is 14. The molecule has 0 spiro atoms. The first-order chi connectivity index (χ1) is 12.7. The number of benzene rings is 1. The van der Waals surface area contributed by atoms with Crippen LogP contribution in [0.5, 0.6) is 0 Å². The van der Waals surface area contributed by atoms with Crippen LogP contribution in [0, 0.1) is 0 Å². The maximum Gasteiger partial charge on any atom is -0.0224 e. The zero-order chi connectivity index (χ0) is 19.0. The molecule has 1 aromatic rings. The van der Waals surface area contributed by atoms with Gasteiger partial charge < -0.3 is 0 Å². The van der Waals surface area contributed by atoms with Gasteiger partial charge in [0.25, 0.3) is 0 Å². The smallest absolute Gasteiger partial charge is 0.0224 e. The van der Waals surface area contributed by atoms with Crippen LogP contribution in [0.25, 0.3) is 11.1 Å². The maximum absolute atomic E-state index is 2.44. The molecule has 0 unspecified atom stereocenters. The highest BCUT2D eigenvalue weighted by Gasteiger charge is 2.00. The first-order valence-corrected chi connectivity index (χ1v) is 11.1. The van der Waals surface area contributed by atoms with Crippen LogP contribution >= 0.6 is 0 Å². The molecule has 0 radical (unpaired) electrons. The molecule has 146 valence electrons. The van der Waals surface area contributed by atoms with Crippen LogP contribution < -0.4 is 0 Å². The first-order valence-electron chi connectivity index (χ1n) is 11.1. The summed E-state index contributed by atoms with van der Waals surface area (Å²) in [6.07, 6.45) is 20.9. The first kappa shape index (κ1) is 22.7.